The van der Waals surface area contributed by atoms with Crippen molar-refractivity contribution in [1.82, 2.24) is 5.32 Å². The molecule has 2 atom stereocenters. The summed E-state index contributed by atoms with van der Waals surface area (Å²) >= 11 is 13.8. The summed E-state index contributed by atoms with van der Waals surface area (Å²) in [5, 5.41) is 14.6. The van der Waals surface area contributed by atoms with Crippen molar-refractivity contribution in [1.29, 1.82) is 0 Å². The highest BCUT2D eigenvalue weighted by atomic mass is 35.5. The first-order chi connectivity index (χ1) is 9.08. The molecule has 106 valence electrons. The van der Waals surface area contributed by atoms with Crippen molar-refractivity contribution in [2.45, 2.75) is 41.4 Å². The van der Waals surface area contributed by atoms with E-state index in [9.17, 15) is 5.11 Å². The maximum atomic E-state index is 9.60. The van der Waals surface area contributed by atoms with Gasteiger partial charge >= 0.3 is 0 Å². The smallest absolute Gasteiger partial charge is 0.0613 e. The third-order valence-electron chi connectivity index (χ3n) is 3.83. The molecule has 1 saturated carbocycles. The fraction of sp³-hybridized carbons (Fsp3) is 0.571. The molecule has 1 aromatic carbocycles. The molecule has 2 N–H and O–H groups in total. The molecule has 0 amide bonds. The quantitative estimate of drug-likeness (QED) is 0.880. The van der Waals surface area contributed by atoms with Crippen LogP contribution in [0.15, 0.2) is 23.1 Å². The van der Waals surface area contributed by atoms with E-state index in [0.29, 0.717) is 15.3 Å². The van der Waals surface area contributed by atoms with Crippen molar-refractivity contribution >= 4 is 35.0 Å². The van der Waals surface area contributed by atoms with Crippen LogP contribution in [-0.4, -0.2) is 29.5 Å². The van der Waals surface area contributed by atoms with Gasteiger partial charge in [0.2, 0.25) is 0 Å². The Morgan fingerprint density at radius 2 is 2.21 bits per heavy atom. The second-order valence-corrected chi connectivity index (χ2v) is 7.29. The Labute approximate surface area is 128 Å². The number of aliphatic hydroxyl groups excluding tert-OH is 1. The molecule has 0 aliphatic heterocycles. The summed E-state index contributed by atoms with van der Waals surface area (Å²) in [7, 11) is 1.93. The van der Waals surface area contributed by atoms with Gasteiger partial charge in [-0.1, -0.05) is 29.6 Å². The SMILES string of the molecule is CNC1(CO)CCCC(Sc2ccc(Cl)c(Cl)c2)C1. The molecule has 0 saturated heterocycles. The first kappa shape index (κ1) is 15.5. The number of thioether (sulfide) groups is 1. The van der Waals surface area contributed by atoms with Gasteiger partial charge in [-0.05, 0) is 44.5 Å². The van der Waals surface area contributed by atoms with Gasteiger partial charge in [-0.3, -0.25) is 0 Å². The van der Waals surface area contributed by atoms with E-state index in [2.05, 4.69) is 5.32 Å². The van der Waals surface area contributed by atoms with Crippen molar-refractivity contribution < 1.29 is 5.11 Å². The molecule has 0 bridgehead atoms. The van der Waals surface area contributed by atoms with E-state index in [1.54, 1.807) is 0 Å². The standard InChI is InChI=1S/C14H19Cl2NOS/c1-17-14(9-18)6-2-3-11(8-14)19-10-4-5-12(15)13(16)7-10/h4-5,7,11,17-18H,2-3,6,8-9H2,1H3. The van der Waals surface area contributed by atoms with Crippen LogP contribution in [0.3, 0.4) is 0 Å². The fourth-order valence-electron chi connectivity index (χ4n) is 2.60. The minimum Gasteiger partial charge on any atom is -0.394 e. The highest BCUT2D eigenvalue weighted by molar-refractivity contribution is 8.00. The Kier molecular flexibility index (Phi) is 5.44. The van der Waals surface area contributed by atoms with Gasteiger partial charge in [-0.15, -0.1) is 11.8 Å². The Balaban J connectivity index is 2.04. The van der Waals surface area contributed by atoms with Gasteiger partial charge in [-0.25, -0.2) is 0 Å². The minimum absolute atomic E-state index is 0.119. The van der Waals surface area contributed by atoms with E-state index in [1.165, 1.54) is 6.42 Å². The summed E-state index contributed by atoms with van der Waals surface area (Å²) in [6.45, 7) is 0.196. The number of hydrogen-bond acceptors (Lipinski definition) is 3. The number of benzene rings is 1. The van der Waals surface area contributed by atoms with Crippen LogP contribution in [0.2, 0.25) is 10.0 Å². The summed E-state index contributed by atoms with van der Waals surface area (Å²) < 4.78 is 0. The molecule has 1 aromatic rings. The zero-order valence-electron chi connectivity index (χ0n) is 11.0. The molecule has 5 heteroatoms. The average Bonchev–Trinajstić information content (AvgIpc) is 2.43. The maximum absolute atomic E-state index is 9.60. The summed E-state index contributed by atoms with van der Waals surface area (Å²) in [6.07, 6.45) is 4.33. The summed E-state index contributed by atoms with van der Waals surface area (Å²) in [5.74, 6) is 0. The van der Waals surface area contributed by atoms with Gasteiger partial charge in [0.05, 0.1) is 16.7 Å². The second-order valence-electron chi connectivity index (χ2n) is 5.10. The van der Waals surface area contributed by atoms with Crippen LogP contribution >= 0.6 is 35.0 Å². The van der Waals surface area contributed by atoms with E-state index >= 15 is 0 Å². The second kappa shape index (κ2) is 6.68. The molecule has 2 unspecified atom stereocenters. The topological polar surface area (TPSA) is 32.3 Å². The normalized spacial score (nSPS) is 27.5. The zero-order chi connectivity index (χ0) is 13.9. The van der Waals surface area contributed by atoms with Gasteiger partial charge in [0, 0.05) is 15.7 Å². The summed E-state index contributed by atoms with van der Waals surface area (Å²) in [6, 6.07) is 5.77. The third-order valence-corrected chi connectivity index (χ3v) is 5.83. The van der Waals surface area contributed by atoms with Crippen LogP contribution < -0.4 is 5.32 Å². The lowest BCUT2D eigenvalue weighted by Crippen LogP contribution is -2.50. The lowest BCUT2D eigenvalue weighted by atomic mass is 9.82. The molecule has 19 heavy (non-hydrogen) atoms. The number of nitrogens with one attached hydrogen (secondary N) is 1. The van der Waals surface area contributed by atoms with Crippen molar-refractivity contribution in [3.63, 3.8) is 0 Å². The van der Waals surface area contributed by atoms with E-state index < -0.39 is 0 Å². The molecular weight excluding hydrogens is 301 g/mol. The molecule has 1 aliphatic rings. The third kappa shape index (κ3) is 3.79. The Morgan fingerprint density at radius 3 is 2.84 bits per heavy atom. The Hall–Kier alpha value is 0.0700. The van der Waals surface area contributed by atoms with Gasteiger partial charge in [-0.2, -0.15) is 0 Å². The van der Waals surface area contributed by atoms with Gasteiger partial charge in [0.25, 0.3) is 0 Å². The van der Waals surface area contributed by atoms with Gasteiger partial charge < -0.3 is 10.4 Å². The van der Waals surface area contributed by atoms with Crippen molar-refractivity contribution in [2.24, 2.45) is 0 Å². The molecule has 0 radical (unpaired) electrons. The number of hydrogen-bond donors (Lipinski definition) is 2. The fourth-order valence-corrected chi connectivity index (χ4v) is 4.37. The number of likely N-dealkylation sites (N-methyl/N-ethyl adjacent to an activating group) is 1. The monoisotopic (exact) mass is 319 g/mol. The zero-order valence-corrected chi connectivity index (χ0v) is 13.3. The molecule has 2 rings (SSSR count). The van der Waals surface area contributed by atoms with Crippen LogP contribution in [0.25, 0.3) is 0 Å². The van der Waals surface area contributed by atoms with Crippen LogP contribution in [-0.2, 0) is 0 Å². The van der Waals surface area contributed by atoms with Crippen molar-refractivity contribution in [2.75, 3.05) is 13.7 Å². The van der Waals surface area contributed by atoms with Crippen molar-refractivity contribution in [3.05, 3.63) is 28.2 Å². The first-order valence-corrected chi connectivity index (χ1v) is 8.13. The van der Waals surface area contributed by atoms with E-state index in [4.69, 9.17) is 23.2 Å². The molecule has 0 heterocycles. The van der Waals surface area contributed by atoms with Gasteiger partial charge in [0.15, 0.2) is 0 Å². The van der Waals surface area contributed by atoms with Gasteiger partial charge in [0.1, 0.15) is 0 Å². The largest absolute Gasteiger partial charge is 0.394 e. The highest BCUT2D eigenvalue weighted by Gasteiger charge is 2.34. The van der Waals surface area contributed by atoms with E-state index in [-0.39, 0.29) is 12.1 Å². The van der Waals surface area contributed by atoms with E-state index in [1.807, 2.05) is 37.0 Å². The number of rotatable bonds is 4. The van der Waals surface area contributed by atoms with Crippen molar-refractivity contribution in [3.8, 4) is 0 Å². The Morgan fingerprint density at radius 1 is 1.42 bits per heavy atom. The summed E-state index contributed by atoms with van der Waals surface area (Å²) in [5.41, 5.74) is -0.119. The predicted octanol–water partition coefficient (Wildman–Crippen LogP) is 3.98. The van der Waals surface area contributed by atoms with Crippen LogP contribution in [0.1, 0.15) is 25.7 Å². The molecular formula is C14H19Cl2NOS. The molecule has 0 aromatic heterocycles. The minimum atomic E-state index is -0.119. The van der Waals surface area contributed by atoms with E-state index in [0.717, 1.165) is 24.2 Å². The average molecular weight is 320 g/mol. The van der Waals surface area contributed by atoms with Crippen LogP contribution in [0.4, 0.5) is 0 Å². The maximum Gasteiger partial charge on any atom is 0.0613 e. The molecule has 0 spiro atoms. The Bertz CT molecular complexity index is 437. The highest BCUT2D eigenvalue weighted by Crippen LogP contribution is 2.39. The van der Waals surface area contributed by atoms with Crippen LogP contribution in [0.5, 0.6) is 0 Å². The van der Waals surface area contributed by atoms with Crippen LogP contribution in [0, 0.1) is 0 Å². The summed E-state index contributed by atoms with van der Waals surface area (Å²) in [4.78, 5) is 1.14. The first-order valence-electron chi connectivity index (χ1n) is 6.50. The molecule has 2 nitrogen and oxygen atoms in total. The molecule has 1 aliphatic carbocycles. The lowest BCUT2D eigenvalue weighted by molar-refractivity contribution is 0.131. The predicted molar refractivity (Wildman–Crippen MR) is 83.5 cm³/mol. The number of halogens is 2. The molecule has 1 fully saturated rings. The number of aliphatic hydroxyl groups is 1. The lowest BCUT2D eigenvalue weighted by Gasteiger charge is -2.39.